The predicted octanol–water partition coefficient (Wildman–Crippen LogP) is 2.55. The van der Waals surface area contributed by atoms with Crippen LogP contribution in [0.25, 0.3) is 0 Å². The highest BCUT2D eigenvalue weighted by Crippen LogP contribution is 2.48. The molecule has 1 aromatic carbocycles. The van der Waals surface area contributed by atoms with Crippen molar-refractivity contribution in [2.45, 2.75) is 49.3 Å². The fourth-order valence-corrected chi connectivity index (χ4v) is 7.62. The summed E-state index contributed by atoms with van der Waals surface area (Å²) in [5, 5.41) is 0. The van der Waals surface area contributed by atoms with Crippen molar-refractivity contribution < 1.29 is 18.3 Å². The third-order valence-electron chi connectivity index (χ3n) is 6.95. The fourth-order valence-electron chi connectivity index (χ4n) is 5.08. The molecule has 8 heteroatoms. The van der Waals surface area contributed by atoms with E-state index in [2.05, 4.69) is 9.80 Å². The van der Waals surface area contributed by atoms with E-state index in [0.29, 0.717) is 23.5 Å². The number of hydrogen-bond donors (Lipinski definition) is 1. The van der Waals surface area contributed by atoms with Gasteiger partial charge in [-0.2, -0.15) is 8.51 Å². The second-order valence-electron chi connectivity index (χ2n) is 10.1. The van der Waals surface area contributed by atoms with Gasteiger partial charge in [0.05, 0.1) is 11.0 Å². The summed E-state index contributed by atoms with van der Waals surface area (Å²) < 4.78 is 34.4. The Kier molecular flexibility index (Phi) is 5.94. The van der Waals surface area contributed by atoms with E-state index in [4.69, 9.17) is 4.74 Å². The van der Waals surface area contributed by atoms with E-state index in [9.17, 15) is 13.6 Å². The highest BCUT2D eigenvalue weighted by Gasteiger charge is 2.56. The van der Waals surface area contributed by atoms with E-state index in [1.54, 1.807) is 28.6 Å². The van der Waals surface area contributed by atoms with Crippen molar-refractivity contribution in [3.8, 4) is 0 Å². The van der Waals surface area contributed by atoms with Gasteiger partial charge in [0, 0.05) is 57.4 Å². The molecule has 4 rings (SSSR count). The molecule has 1 aliphatic carbocycles. The molecule has 1 spiro atoms. The Hall–Kier alpha value is -1.16. The predicted molar refractivity (Wildman–Crippen MR) is 123 cm³/mol. The molecule has 0 amide bonds. The van der Waals surface area contributed by atoms with Gasteiger partial charge in [-0.1, -0.05) is 0 Å². The maximum atomic E-state index is 14.3. The summed E-state index contributed by atoms with van der Waals surface area (Å²) in [6.07, 6.45) is 5.41. The molecule has 174 valence electrons. The fraction of sp³-hybridized carbons (Fsp3) is 0.696. The summed E-state index contributed by atoms with van der Waals surface area (Å²) in [6.45, 7) is 5.51. The summed E-state index contributed by atoms with van der Waals surface area (Å²) in [6, 6.07) is 6.54. The van der Waals surface area contributed by atoms with Crippen LogP contribution in [0.5, 0.6) is 0 Å². The van der Waals surface area contributed by atoms with Gasteiger partial charge in [0.25, 0.3) is 0 Å². The first kappa shape index (κ1) is 23.0. The molecule has 7 nitrogen and oxygen atoms in total. The zero-order valence-corrected chi connectivity index (χ0v) is 20.1. The maximum absolute atomic E-state index is 14.3. The molecule has 3 fully saturated rings. The number of ether oxygens (including phenoxy) is 1. The molecular weight excluding hydrogens is 414 g/mol. The second-order valence-corrected chi connectivity index (χ2v) is 13.4. The average molecular weight is 452 g/mol. The number of piperidine rings is 1. The van der Waals surface area contributed by atoms with Gasteiger partial charge >= 0.3 is 0 Å². The van der Waals surface area contributed by atoms with E-state index in [1.165, 1.54) is 26.0 Å². The summed E-state index contributed by atoms with van der Waals surface area (Å²) in [7, 11) is -0.385. The van der Waals surface area contributed by atoms with Crippen LogP contribution in [0.15, 0.2) is 29.2 Å². The third-order valence-corrected chi connectivity index (χ3v) is 9.83. The minimum Gasteiger partial charge on any atom is -0.353 e. The molecular formula is C23H37N3O4S. The van der Waals surface area contributed by atoms with Crippen LogP contribution in [0, 0.1) is 5.92 Å². The standard InChI is InChI=1S/C23H37N3O4S/c1-18(27)20-7-9-22(10-8-20)31(4,28,29)26-17-21(16-24(2)3)30-23(26)11-13-25(14-12-23)15-19-5-6-19/h7-10,19,21H,5-6,11-17H2,1-4H3,(H,28,29). The first-order chi connectivity index (χ1) is 14.5. The number of carbonyl (C=O) groups is 1. The van der Waals surface area contributed by atoms with Gasteiger partial charge < -0.3 is 14.5 Å². The Labute approximate surface area is 186 Å². The van der Waals surface area contributed by atoms with Gasteiger partial charge in [-0.15, -0.1) is 9.53 Å². The van der Waals surface area contributed by atoms with Crippen molar-refractivity contribution in [2.24, 2.45) is 5.92 Å². The van der Waals surface area contributed by atoms with Gasteiger partial charge in [-0.3, -0.25) is 9.35 Å². The molecule has 0 aromatic heterocycles. The summed E-state index contributed by atoms with van der Waals surface area (Å²) in [5.41, 5.74) is -0.203. The van der Waals surface area contributed by atoms with E-state index in [1.807, 2.05) is 14.1 Å². The lowest BCUT2D eigenvalue weighted by Crippen LogP contribution is -2.62. The lowest BCUT2D eigenvalue weighted by molar-refractivity contribution is -0.119. The lowest BCUT2D eigenvalue weighted by Gasteiger charge is -2.55. The number of likely N-dealkylation sites (N-methyl/N-ethyl adjacent to an activating group) is 1. The summed E-state index contributed by atoms with van der Waals surface area (Å²) in [4.78, 5) is 16.6. The monoisotopic (exact) mass is 451 g/mol. The van der Waals surface area contributed by atoms with Crippen molar-refractivity contribution in [1.82, 2.24) is 14.1 Å². The number of nitrogens with zero attached hydrogens (tertiary/aromatic N) is 3. The van der Waals surface area contributed by atoms with Crippen LogP contribution in [0.4, 0.5) is 0 Å². The topological polar surface area (TPSA) is 73.3 Å². The highest BCUT2D eigenvalue weighted by atomic mass is 32.3. The Morgan fingerprint density at radius 2 is 1.84 bits per heavy atom. The van der Waals surface area contributed by atoms with Crippen molar-refractivity contribution in [2.75, 3.05) is 53.1 Å². The Bertz CT molecular complexity index is 883. The van der Waals surface area contributed by atoms with Crippen molar-refractivity contribution in [1.29, 1.82) is 0 Å². The number of likely N-dealkylation sites (tertiary alicyclic amines) is 1. The van der Waals surface area contributed by atoms with Crippen LogP contribution >= 0.6 is 0 Å². The SMILES string of the molecule is CC(=O)c1ccc(S(C)(=O)(O)N2CC(CN(C)C)OC23CCN(CC2CC2)CC3)cc1. The number of rotatable bonds is 7. The van der Waals surface area contributed by atoms with E-state index in [-0.39, 0.29) is 11.9 Å². The molecule has 2 aliphatic heterocycles. The van der Waals surface area contributed by atoms with Gasteiger partial charge in [0.2, 0.25) is 0 Å². The zero-order chi connectivity index (χ0) is 22.5. The molecule has 2 heterocycles. The third kappa shape index (κ3) is 4.65. The molecule has 0 radical (unpaired) electrons. The maximum Gasteiger partial charge on any atom is 0.159 e. The summed E-state index contributed by atoms with van der Waals surface area (Å²) >= 11 is 0. The number of carbonyl (C=O) groups excluding carboxylic acids is 1. The van der Waals surface area contributed by atoms with Crippen molar-refractivity contribution in [3.63, 3.8) is 0 Å². The second kappa shape index (κ2) is 8.01. The summed E-state index contributed by atoms with van der Waals surface area (Å²) in [5.74, 6) is 0.774. The van der Waals surface area contributed by atoms with Gasteiger partial charge in [-0.05, 0) is 64.0 Å². The zero-order valence-electron chi connectivity index (χ0n) is 19.2. The van der Waals surface area contributed by atoms with Crippen LogP contribution in [0.2, 0.25) is 0 Å². The quantitative estimate of drug-likeness (QED) is 0.643. The first-order valence-electron chi connectivity index (χ1n) is 11.3. The highest BCUT2D eigenvalue weighted by molar-refractivity contribution is 8.12. The Balaban J connectivity index is 1.63. The van der Waals surface area contributed by atoms with Gasteiger partial charge in [0.15, 0.2) is 5.78 Å². The minimum absolute atomic E-state index is 0.0563. The lowest BCUT2D eigenvalue weighted by atomic mass is 10.0. The molecule has 2 saturated heterocycles. The molecule has 0 bridgehead atoms. The largest absolute Gasteiger partial charge is 0.353 e. The molecule has 1 aromatic rings. The van der Waals surface area contributed by atoms with E-state index < -0.39 is 15.3 Å². The Morgan fingerprint density at radius 1 is 1.23 bits per heavy atom. The molecule has 1 atom stereocenters. The first-order valence-corrected chi connectivity index (χ1v) is 13.6. The van der Waals surface area contributed by atoms with Crippen LogP contribution < -0.4 is 0 Å². The van der Waals surface area contributed by atoms with E-state index in [0.717, 1.165) is 38.4 Å². The molecule has 3 aliphatic rings. The molecule has 31 heavy (non-hydrogen) atoms. The smallest absolute Gasteiger partial charge is 0.159 e. The van der Waals surface area contributed by atoms with Crippen molar-refractivity contribution >= 4 is 15.3 Å². The Morgan fingerprint density at radius 3 is 2.35 bits per heavy atom. The van der Waals surface area contributed by atoms with Gasteiger partial charge in [0.1, 0.15) is 5.72 Å². The van der Waals surface area contributed by atoms with Crippen LogP contribution in [-0.4, -0.2) is 93.6 Å². The molecule has 1 N–H and O–H groups in total. The normalized spacial score (nSPS) is 26.3. The average Bonchev–Trinajstić information content (AvgIpc) is 3.44. The van der Waals surface area contributed by atoms with Crippen LogP contribution in [-0.2, 0) is 14.3 Å². The van der Waals surface area contributed by atoms with Crippen LogP contribution in [0.1, 0.15) is 43.0 Å². The molecule has 1 saturated carbocycles. The molecule has 1 unspecified atom stereocenters. The minimum atomic E-state index is -4.38. The number of Topliss-reactive ketones (excluding diaryl/α,β-unsaturated/α-hetero) is 1. The van der Waals surface area contributed by atoms with Crippen molar-refractivity contribution in [3.05, 3.63) is 29.8 Å². The number of benzene rings is 1. The number of hydrogen-bond acceptors (Lipinski definition) is 5. The number of ketones is 1. The van der Waals surface area contributed by atoms with Gasteiger partial charge in [-0.25, -0.2) is 0 Å². The van der Waals surface area contributed by atoms with E-state index >= 15 is 0 Å². The van der Waals surface area contributed by atoms with Crippen LogP contribution in [0.3, 0.4) is 0 Å².